The Labute approximate surface area is 109 Å². The molecule has 102 valence electrons. The fourth-order valence-corrected chi connectivity index (χ4v) is 1.91. The number of nitrogens with zero attached hydrogens (tertiary/aromatic N) is 3. The van der Waals surface area contributed by atoms with Gasteiger partial charge in [-0.2, -0.15) is 0 Å². The zero-order valence-electron chi connectivity index (χ0n) is 10.8. The summed E-state index contributed by atoms with van der Waals surface area (Å²) in [6, 6.07) is 3.20. The minimum Gasteiger partial charge on any atom is -0.388 e. The van der Waals surface area contributed by atoms with Crippen LogP contribution in [-0.2, 0) is 13.2 Å². The van der Waals surface area contributed by atoms with E-state index in [4.69, 9.17) is 0 Å². The van der Waals surface area contributed by atoms with Crippen molar-refractivity contribution in [3.8, 4) is 11.4 Å². The lowest BCUT2D eigenvalue weighted by molar-refractivity contribution is 0.262. The molecule has 0 aliphatic heterocycles. The molecule has 2 rings (SSSR count). The Morgan fingerprint density at radius 1 is 1.16 bits per heavy atom. The third-order valence-electron chi connectivity index (χ3n) is 2.64. The van der Waals surface area contributed by atoms with E-state index < -0.39 is 11.6 Å². The molecule has 0 radical (unpaired) electrons. The van der Waals surface area contributed by atoms with Crippen LogP contribution in [0.1, 0.15) is 19.7 Å². The second kappa shape index (κ2) is 5.44. The van der Waals surface area contributed by atoms with E-state index in [9.17, 15) is 13.9 Å². The largest absolute Gasteiger partial charge is 0.388 e. The highest BCUT2D eigenvalue weighted by atomic mass is 19.1. The highest BCUT2D eigenvalue weighted by molar-refractivity contribution is 5.55. The van der Waals surface area contributed by atoms with Gasteiger partial charge in [-0.15, -0.1) is 10.2 Å². The molecule has 0 fully saturated rings. The minimum atomic E-state index is -0.667. The summed E-state index contributed by atoms with van der Waals surface area (Å²) in [5.74, 6) is -0.303. The van der Waals surface area contributed by atoms with Crippen molar-refractivity contribution in [2.24, 2.45) is 5.92 Å². The summed E-state index contributed by atoms with van der Waals surface area (Å²) in [7, 11) is 0. The molecule has 4 nitrogen and oxygen atoms in total. The van der Waals surface area contributed by atoms with Crippen LogP contribution in [0.2, 0.25) is 0 Å². The number of benzene rings is 1. The summed E-state index contributed by atoms with van der Waals surface area (Å²) in [6.07, 6.45) is 0. The standard InChI is InChI=1S/C13H15F2N3O/c1-8(2)6-18-12(7-19)16-17-13(18)9-3-10(14)5-11(15)4-9/h3-5,8,19H,6-7H2,1-2H3. The van der Waals surface area contributed by atoms with Crippen molar-refractivity contribution in [3.63, 3.8) is 0 Å². The lowest BCUT2D eigenvalue weighted by Gasteiger charge is -2.12. The molecule has 0 spiro atoms. The first kappa shape index (κ1) is 13.6. The fraction of sp³-hybridized carbons (Fsp3) is 0.385. The molecule has 6 heteroatoms. The Morgan fingerprint density at radius 3 is 2.32 bits per heavy atom. The van der Waals surface area contributed by atoms with Crippen molar-refractivity contribution in [1.29, 1.82) is 0 Å². The predicted molar refractivity (Wildman–Crippen MR) is 66.1 cm³/mol. The van der Waals surface area contributed by atoms with Gasteiger partial charge in [0.25, 0.3) is 0 Å². The zero-order chi connectivity index (χ0) is 14.0. The molecule has 0 amide bonds. The van der Waals surface area contributed by atoms with Crippen LogP contribution in [0.3, 0.4) is 0 Å². The molecule has 1 N–H and O–H groups in total. The van der Waals surface area contributed by atoms with Gasteiger partial charge in [0.15, 0.2) is 11.6 Å². The summed E-state index contributed by atoms with van der Waals surface area (Å²) in [5, 5.41) is 17.0. The number of aliphatic hydroxyl groups is 1. The molecule has 0 saturated carbocycles. The van der Waals surface area contributed by atoms with Crippen molar-refractivity contribution >= 4 is 0 Å². The average Bonchev–Trinajstić information content (AvgIpc) is 2.69. The van der Waals surface area contributed by atoms with Crippen LogP contribution < -0.4 is 0 Å². The SMILES string of the molecule is CC(C)Cn1c(CO)nnc1-c1cc(F)cc(F)c1. The minimum absolute atomic E-state index is 0.266. The molecule has 1 aromatic carbocycles. The average molecular weight is 267 g/mol. The maximum atomic E-state index is 13.2. The smallest absolute Gasteiger partial charge is 0.164 e. The van der Waals surface area contributed by atoms with Gasteiger partial charge in [0.1, 0.15) is 18.2 Å². The van der Waals surface area contributed by atoms with E-state index in [1.807, 2.05) is 13.8 Å². The molecule has 0 bridgehead atoms. The number of aromatic nitrogens is 3. The van der Waals surface area contributed by atoms with Crippen LogP contribution in [0.15, 0.2) is 18.2 Å². The summed E-state index contributed by atoms with van der Waals surface area (Å²) in [6.45, 7) is 4.29. The van der Waals surface area contributed by atoms with Gasteiger partial charge in [-0.25, -0.2) is 8.78 Å². The Morgan fingerprint density at radius 2 is 1.79 bits per heavy atom. The quantitative estimate of drug-likeness (QED) is 0.925. The number of halogens is 2. The van der Waals surface area contributed by atoms with Crippen molar-refractivity contribution in [2.45, 2.75) is 27.0 Å². The Hall–Kier alpha value is -1.82. The third-order valence-corrected chi connectivity index (χ3v) is 2.64. The van der Waals surface area contributed by atoms with Crippen molar-refractivity contribution in [1.82, 2.24) is 14.8 Å². The van der Waals surface area contributed by atoms with E-state index in [1.54, 1.807) is 4.57 Å². The fourth-order valence-electron chi connectivity index (χ4n) is 1.91. The number of rotatable bonds is 4. The monoisotopic (exact) mass is 267 g/mol. The highest BCUT2D eigenvalue weighted by Crippen LogP contribution is 2.22. The first-order valence-electron chi connectivity index (χ1n) is 6.00. The van der Waals surface area contributed by atoms with E-state index >= 15 is 0 Å². The second-order valence-corrected chi connectivity index (χ2v) is 4.76. The van der Waals surface area contributed by atoms with E-state index in [0.29, 0.717) is 29.7 Å². The van der Waals surface area contributed by atoms with Crippen LogP contribution >= 0.6 is 0 Å². The van der Waals surface area contributed by atoms with E-state index in [2.05, 4.69) is 10.2 Å². The van der Waals surface area contributed by atoms with E-state index in [0.717, 1.165) is 6.07 Å². The Balaban J connectivity index is 2.51. The maximum Gasteiger partial charge on any atom is 0.164 e. The van der Waals surface area contributed by atoms with Gasteiger partial charge in [-0.05, 0) is 18.1 Å². The topological polar surface area (TPSA) is 50.9 Å². The molecule has 0 unspecified atom stereocenters. The molecule has 0 aliphatic carbocycles. The van der Waals surface area contributed by atoms with Gasteiger partial charge in [0.2, 0.25) is 0 Å². The lowest BCUT2D eigenvalue weighted by Crippen LogP contribution is -2.10. The first-order chi connectivity index (χ1) is 9.01. The summed E-state index contributed by atoms with van der Waals surface area (Å²) in [4.78, 5) is 0. The molecule has 19 heavy (non-hydrogen) atoms. The molecule has 0 atom stereocenters. The first-order valence-corrected chi connectivity index (χ1v) is 6.00. The van der Waals surface area contributed by atoms with Gasteiger partial charge in [0.05, 0.1) is 0 Å². The van der Waals surface area contributed by atoms with Crippen molar-refractivity contribution < 1.29 is 13.9 Å². The van der Waals surface area contributed by atoms with Crippen LogP contribution in [-0.4, -0.2) is 19.9 Å². The van der Waals surface area contributed by atoms with Gasteiger partial charge >= 0.3 is 0 Å². The zero-order valence-corrected chi connectivity index (χ0v) is 10.8. The van der Waals surface area contributed by atoms with Crippen molar-refractivity contribution in [3.05, 3.63) is 35.7 Å². The van der Waals surface area contributed by atoms with Gasteiger partial charge in [-0.3, -0.25) is 0 Å². The van der Waals surface area contributed by atoms with E-state index in [1.165, 1.54) is 12.1 Å². The van der Waals surface area contributed by atoms with Gasteiger partial charge in [0, 0.05) is 18.2 Å². The predicted octanol–water partition coefficient (Wildman–Crippen LogP) is 2.37. The van der Waals surface area contributed by atoms with Crippen LogP contribution in [0.5, 0.6) is 0 Å². The molecule has 2 aromatic rings. The normalized spacial score (nSPS) is 11.3. The molecular weight excluding hydrogens is 252 g/mol. The number of aliphatic hydroxyl groups excluding tert-OH is 1. The summed E-state index contributed by atoms with van der Waals surface area (Å²) >= 11 is 0. The lowest BCUT2D eigenvalue weighted by atomic mass is 10.1. The summed E-state index contributed by atoms with van der Waals surface area (Å²) < 4.78 is 28.2. The van der Waals surface area contributed by atoms with Crippen molar-refractivity contribution in [2.75, 3.05) is 0 Å². The number of hydrogen-bond donors (Lipinski definition) is 1. The van der Waals surface area contributed by atoms with Gasteiger partial charge < -0.3 is 9.67 Å². The molecule has 1 heterocycles. The second-order valence-electron chi connectivity index (χ2n) is 4.76. The molecule has 1 aromatic heterocycles. The third kappa shape index (κ3) is 2.96. The molecular formula is C13H15F2N3O. The van der Waals surface area contributed by atoms with Gasteiger partial charge in [-0.1, -0.05) is 13.8 Å². The van der Waals surface area contributed by atoms with Crippen LogP contribution in [0, 0.1) is 17.6 Å². The Kier molecular flexibility index (Phi) is 3.90. The maximum absolute atomic E-state index is 13.2. The van der Waals surface area contributed by atoms with Crippen LogP contribution in [0.4, 0.5) is 8.78 Å². The molecule has 0 saturated heterocycles. The molecule has 0 aliphatic rings. The summed E-state index contributed by atoms with van der Waals surface area (Å²) in [5.41, 5.74) is 0.311. The van der Waals surface area contributed by atoms with Crippen LogP contribution in [0.25, 0.3) is 11.4 Å². The van der Waals surface area contributed by atoms with E-state index in [-0.39, 0.29) is 6.61 Å². The number of hydrogen-bond acceptors (Lipinski definition) is 3. The Bertz CT molecular complexity index is 561. The highest BCUT2D eigenvalue weighted by Gasteiger charge is 2.15.